The summed E-state index contributed by atoms with van der Waals surface area (Å²) in [6.07, 6.45) is 4.27. The van der Waals surface area contributed by atoms with Crippen molar-refractivity contribution in [3.63, 3.8) is 0 Å². The van der Waals surface area contributed by atoms with Crippen molar-refractivity contribution in [2.24, 2.45) is 0 Å². The summed E-state index contributed by atoms with van der Waals surface area (Å²) in [7, 11) is 0. The van der Waals surface area contributed by atoms with E-state index in [9.17, 15) is 10.5 Å². The van der Waals surface area contributed by atoms with Gasteiger partial charge in [0, 0.05) is 34.8 Å². The number of anilines is 1. The van der Waals surface area contributed by atoms with Crippen LogP contribution in [0.1, 0.15) is 46.0 Å². The second-order valence-electron chi connectivity index (χ2n) is 8.72. The van der Waals surface area contributed by atoms with E-state index in [0.29, 0.717) is 16.8 Å². The Morgan fingerprint density at radius 3 is 2.56 bits per heavy atom. The maximum Gasteiger partial charge on any atom is 0.142 e. The van der Waals surface area contributed by atoms with Crippen molar-refractivity contribution in [1.29, 1.82) is 10.5 Å². The molecule has 5 heteroatoms. The summed E-state index contributed by atoms with van der Waals surface area (Å²) < 4.78 is 2.26. The van der Waals surface area contributed by atoms with Gasteiger partial charge < -0.3 is 10.3 Å². The molecule has 0 aliphatic heterocycles. The van der Waals surface area contributed by atoms with Crippen LogP contribution in [0, 0.1) is 36.5 Å². The van der Waals surface area contributed by atoms with Crippen LogP contribution >= 0.6 is 0 Å². The van der Waals surface area contributed by atoms with E-state index in [0.717, 1.165) is 45.3 Å². The third-order valence-electron chi connectivity index (χ3n) is 6.54. The minimum atomic E-state index is 0.162. The molecule has 2 heterocycles. The fourth-order valence-corrected chi connectivity index (χ4v) is 4.88. The summed E-state index contributed by atoms with van der Waals surface area (Å²) in [6, 6.07) is 21.3. The number of nitrogens with zero attached hydrogens (tertiary/aromatic N) is 4. The Bertz CT molecular complexity index is 1630. The van der Waals surface area contributed by atoms with E-state index in [-0.39, 0.29) is 5.82 Å². The van der Waals surface area contributed by atoms with Gasteiger partial charge in [-0.05, 0) is 55.2 Å². The quantitative estimate of drug-likeness (QED) is 0.422. The predicted molar refractivity (Wildman–Crippen MR) is 136 cm³/mol. The predicted octanol–water partition coefficient (Wildman–Crippen LogP) is 6.01. The number of nitrogen functional groups attached to an aromatic ring is 1. The largest absolute Gasteiger partial charge is 0.383 e. The Labute approximate surface area is 198 Å². The zero-order valence-electron chi connectivity index (χ0n) is 19.3. The van der Waals surface area contributed by atoms with Crippen LogP contribution in [0.3, 0.4) is 0 Å². The van der Waals surface area contributed by atoms with Crippen molar-refractivity contribution < 1.29 is 0 Å². The summed E-state index contributed by atoms with van der Waals surface area (Å²) in [5.74, 6) is 0.162. The number of hydrogen-bond donors (Lipinski definition) is 1. The molecule has 0 spiro atoms. The lowest BCUT2D eigenvalue weighted by molar-refractivity contribution is 0.835. The first-order valence-corrected chi connectivity index (χ1v) is 11.1. The molecular formula is C29H23N5. The number of nitriles is 2. The van der Waals surface area contributed by atoms with E-state index in [1.807, 2.05) is 26.0 Å². The molecule has 0 unspecified atom stereocenters. The van der Waals surface area contributed by atoms with Crippen molar-refractivity contribution in [1.82, 2.24) is 9.55 Å². The van der Waals surface area contributed by atoms with Crippen molar-refractivity contribution in [3.05, 3.63) is 99.4 Å². The van der Waals surface area contributed by atoms with E-state index >= 15 is 0 Å². The maximum absolute atomic E-state index is 9.85. The Hall–Kier alpha value is -4.61. The van der Waals surface area contributed by atoms with Crippen LogP contribution in [-0.4, -0.2) is 9.55 Å². The van der Waals surface area contributed by atoms with Crippen molar-refractivity contribution >= 4 is 33.9 Å². The molecule has 0 amide bonds. The van der Waals surface area contributed by atoms with Gasteiger partial charge in [-0.2, -0.15) is 10.5 Å². The van der Waals surface area contributed by atoms with Crippen LogP contribution in [-0.2, 0) is 6.54 Å². The Morgan fingerprint density at radius 2 is 1.82 bits per heavy atom. The third kappa shape index (κ3) is 3.27. The van der Waals surface area contributed by atoms with Crippen molar-refractivity contribution in [2.45, 2.75) is 27.3 Å². The fraction of sp³-hybridized carbons (Fsp3) is 0.138. The number of nitrogens with two attached hydrogens (primary N) is 1. The first-order chi connectivity index (χ1) is 16.4. The van der Waals surface area contributed by atoms with Crippen molar-refractivity contribution in [2.75, 3.05) is 5.73 Å². The zero-order valence-corrected chi connectivity index (χ0v) is 19.3. The van der Waals surface area contributed by atoms with Gasteiger partial charge >= 0.3 is 0 Å². The Kier molecular flexibility index (Phi) is 5.04. The molecule has 5 nitrogen and oxygen atoms in total. The average molecular weight is 442 g/mol. The van der Waals surface area contributed by atoms with Crippen molar-refractivity contribution in [3.8, 4) is 12.1 Å². The van der Waals surface area contributed by atoms with Gasteiger partial charge in [0.05, 0.1) is 16.8 Å². The number of aryl methyl sites for hydroxylation is 1. The van der Waals surface area contributed by atoms with Gasteiger partial charge in [0.25, 0.3) is 0 Å². The molecule has 1 aliphatic carbocycles. The van der Waals surface area contributed by atoms with Gasteiger partial charge in [-0.25, -0.2) is 4.98 Å². The third-order valence-corrected chi connectivity index (χ3v) is 6.54. The SMILES string of the molecule is CC1=C(C#N)c2nc(N)c(C#N)c(C)c2/C1=C\c1cn(Cc2cccc(C)c2)c2ccccc12. The van der Waals surface area contributed by atoms with E-state index in [2.05, 4.69) is 77.3 Å². The second-order valence-corrected chi connectivity index (χ2v) is 8.72. The minimum absolute atomic E-state index is 0.162. The number of fused-ring (bicyclic) bond motifs is 2. The van der Waals surface area contributed by atoms with E-state index in [1.54, 1.807) is 0 Å². The average Bonchev–Trinajstić information content (AvgIpc) is 3.29. The van der Waals surface area contributed by atoms with Crippen LogP contribution in [0.4, 0.5) is 5.82 Å². The molecule has 0 saturated carbocycles. The fourth-order valence-electron chi connectivity index (χ4n) is 4.88. The summed E-state index contributed by atoms with van der Waals surface area (Å²) in [6.45, 7) is 6.67. The van der Waals surface area contributed by atoms with Crippen LogP contribution in [0.25, 0.3) is 28.1 Å². The molecule has 5 rings (SSSR count). The number of pyridine rings is 1. The monoisotopic (exact) mass is 441 g/mol. The normalized spacial score (nSPS) is 13.9. The van der Waals surface area contributed by atoms with Crippen LogP contribution < -0.4 is 5.73 Å². The highest BCUT2D eigenvalue weighted by molar-refractivity contribution is 6.10. The molecule has 2 aromatic carbocycles. The topological polar surface area (TPSA) is 91.4 Å². The Balaban J connectivity index is 1.72. The van der Waals surface area contributed by atoms with Crippen LogP contribution in [0.5, 0.6) is 0 Å². The zero-order chi connectivity index (χ0) is 24.0. The first-order valence-electron chi connectivity index (χ1n) is 11.1. The number of aromatic nitrogens is 2. The van der Waals surface area contributed by atoms with Gasteiger partial charge in [0.15, 0.2) is 0 Å². The highest BCUT2D eigenvalue weighted by Gasteiger charge is 2.29. The smallest absolute Gasteiger partial charge is 0.142 e. The summed E-state index contributed by atoms with van der Waals surface area (Å²) in [5.41, 5.74) is 15.5. The molecule has 0 saturated heterocycles. The number of rotatable bonds is 3. The summed E-state index contributed by atoms with van der Waals surface area (Å²) in [4.78, 5) is 4.44. The Morgan fingerprint density at radius 1 is 1.03 bits per heavy atom. The molecule has 0 fully saturated rings. The minimum Gasteiger partial charge on any atom is -0.383 e. The number of hydrogen-bond acceptors (Lipinski definition) is 4. The molecule has 164 valence electrons. The number of para-hydroxylation sites is 1. The van der Waals surface area contributed by atoms with E-state index in [4.69, 9.17) is 5.73 Å². The van der Waals surface area contributed by atoms with Gasteiger partial charge in [0.2, 0.25) is 0 Å². The van der Waals surface area contributed by atoms with Gasteiger partial charge in [-0.3, -0.25) is 0 Å². The highest BCUT2D eigenvalue weighted by atomic mass is 15.0. The van der Waals surface area contributed by atoms with E-state index in [1.165, 1.54) is 11.1 Å². The van der Waals surface area contributed by atoms with Gasteiger partial charge in [-0.15, -0.1) is 0 Å². The highest BCUT2D eigenvalue weighted by Crippen LogP contribution is 2.44. The molecule has 0 radical (unpaired) electrons. The summed E-state index contributed by atoms with van der Waals surface area (Å²) >= 11 is 0. The lowest BCUT2D eigenvalue weighted by atomic mass is 9.95. The molecule has 0 bridgehead atoms. The molecular weight excluding hydrogens is 418 g/mol. The molecule has 4 aromatic rings. The lowest BCUT2D eigenvalue weighted by Crippen LogP contribution is -2.03. The summed E-state index contributed by atoms with van der Waals surface area (Å²) in [5, 5.41) is 20.6. The maximum atomic E-state index is 9.85. The number of allylic oxidation sites excluding steroid dienone is 3. The van der Waals surface area contributed by atoms with E-state index < -0.39 is 0 Å². The molecule has 1 aliphatic rings. The molecule has 2 N–H and O–H groups in total. The number of benzene rings is 2. The van der Waals surface area contributed by atoms with Gasteiger partial charge in [0.1, 0.15) is 18.0 Å². The lowest BCUT2D eigenvalue weighted by Gasteiger charge is -2.10. The molecule has 0 atom stereocenters. The van der Waals surface area contributed by atoms with Crippen LogP contribution in [0.15, 0.2) is 60.3 Å². The molecule has 34 heavy (non-hydrogen) atoms. The second kappa shape index (κ2) is 8.06. The standard InChI is InChI=1S/C29H23N5/c1-17-7-6-8-20(11-17)15-34-16-21(22-9-4-5-10-26(22)34)12-23-18(2)24(13-30)28-27(23)19(3)25(14-31)29(32)33-28/h4-12,16H,15H2,1-3H3,(H2,32,33)/b23-12-. The van der Waals surface area contributed by atoms with Crippen LogP contribution in [0.2, 0.25) is 0 Å². The first kappa shape index (κ1) is 21.2. The molecule has 2 aromatic heterocycles. The van der Waals surface area contributed by atoms with Gasteiger partial charge in [-0.1, -0.05) is 48.0 Å².